The molecule has 0 aliphatic carbocycles. The SMILES string of the molecule is COc1ccc(-c2cn(C)nc2C(C)(C)C)c(C=O)c1. The van der Waals surface area contributed by atoms with Gasteiger partial charge in [-0.05, 0) is 23.8 Å². The van der Waals surface area contributed by atoms with Crippen LogP contribution in [0.4, 0.5) is 0 Å². The zero-order chi connectivity index (χ0) is 14.9. The van der Waals surface area contributed by atoms with Crippen molar-refractivity contribution in [1.82, 2.24) is 9.78 Å². The lowest BCUT2D eigenvalue weighted by atomic mass is 9.86. The lowest BCUT2D eigenvalue weighted by molar-refractivity contribution is 0.112. The molecule has 4 nitrogen and oxygen atoms in total. The molecule has 0 fully saturated rings. The van der Waals surface area contributed by atoms with E-state index in [4.69, 9.17) is 4.74 Å². The van der Waals surface area contributed by atoms with Crippen molar-refractivity contribution in [2.75, 3.05) is 7.11 Å². The molecule has 0 atom stereocenters. The maximum atomic E-state index is 11.4. The molecule has 0 aliphatic rings. The summed E-state index contributed by atoms with van der Waals surface area (Å²) < 4.78 is 6.96. The van der Waals surface area contributed by atoms with Crippen molar-refractivity contribution in [2.45, 2.75) is 26.2 Å². The molecule has 106 valence electrons. The van der Waals surface area contributed by atoms with E-state index >= 15 is 0 Å². The first kappa shape index (κ1) is 14.3. The molecule has 4 heteroatoms. The highest BCUT2D eigenvalue weighted by Crippen LogP contribution is 2.34. The summed E-state index contributed by atoms with van der Waals surface area (Å²) in [5, 5.41) is 4.55. The van der Waals surface area contributed by atoms with Gasteiger partial charge in [-0.3, -0.25) is 9.48 Å². The van der Waals surface area contributed by atoms with Gasteiger partial charge in [0.15, 0.2) is 6.29 Å². The van der Waals surface area contributed by atoms with Crippen LogP contribution in [0.25, 0.3) is 11.1 Å². The zero-order valence-corrected chi connectivity index (χ0v) is 12.6. The van der Waals surface area contributed by atoms with Crippen molar-refractivity contribution in [3.63, 3.8) is 0 Å². The fourth-order valence-corrected chi connectivity index (χ4v) is 2.25. The van der Waals surface area contributed by atoms with Crippen molar-refractivity contribution >= 4 is 6.29 Å². The summed E-state index contributed by atoms with van der Waals surface area (Å²) in [6.45, 7) is 6.34. The Morgan fingerprint density at radius 3 is 2.50 bits per heavy atom. The van der Waals surface area contributed by atoms with Crippen molar-refractivity contribution in [3.8, 4) is 16.9 Å². The topological polar surface area (TPSA) is 44.1 Å². The molecule has 0 saturated heterocycles. The van der Waals surface area contributed by atoms with E-state index in [9.17, 15) is 4.79 Å². The number of hydrogen-bond donors (Lipinski definition) is 0. The van der Waals surface area contributed by atoms with Gasteiger partial charge in [0.05, 0.1) is 12.8 Å². The summed E-state index contributed by atoms with van der Waals surface area (Å²) in [4.78, 5) is 11.4. The molecular weight excluding hydrogens is 252 g/mol. The minimum atomic E-state index is -0.0866. The maximum Gasteiger partial charge on any atom is 0.150 e. The van der Waals surface area contributed by atoms with Crippen LogP contribution in [-0.4, -0.2) is 23.2 Å². The minimum absolute atomic E-state index is 0.0866. The average molecular weight is 272 g/mol. The van der Waals surface area contributed by atoms with Gasteiger partial charge in [0.1, 0.15) is 5.75 Å². The van der Waals surface area contributed by atoms with E-state index in [2.05, 4.69) is 25.9 Å². The predicted octanol–water partition coefficient (Wildman–Crippen LogP) is 3.21. The summed E-state index contributed by atoms with van der Waals surface area (Å²) in [7, 11) is 3.48. The van der Waals surface area contributed by atoms with Crippen molar-refractivity contribution in [3.05, 3.63) is 35.7 Å². The third-order valence-corrected chi connectivity index (χ3v) is 3.22. The van der Waals surface area contributed by atoms with Gasteiger partial charge in [-0.15, -0.1) is 0 Å². The van der Waals surface area contributed by atoms with E-state index in [-0.39, 0.29) is 5.41 Å². The predicted molar refractivity (Wildman–Crippen MR) is 79.3 cm³/mol. The summed E-state index contributed by atoms with van der Waals surface area (Å²) in [6, 6.07) is 5.53. The average Bonchev–Trinajstić information content (AvgIpc) is 2.80. The Morgan fingerprint density at radius 1 is 1.25 bits per heavy atom. The number of benzene rings is 1. The third-order valence-electron chi connectivity index (χ3n) is 3.22. The van der Waals surface area contributed by atoms with E-state index in [0.717, 1.165) is 23.1 Å². The van der Waals surface area contributed by atoms with Crippen molar-refractivity contribution < 1.29 is 9.53 Å². The van der Waals surface area contributed by atoms with Gasteiger partial charge < -0.3 is 4.74 Å². The van der Waals surface area contributed by atoms with E-state index in [1.807, 2.05) is 25.4 Å². The standard InChI is InChI=1S/C16H20N2O2/c1-16(2,3)15-14(9-18(4)17-15)13-7-6-12(20-5)8-11(13)10-19/h6-10H,1-5H3. The van der Waals surface area contributed by atoms with E-state index in [1.54, 1.807) is 17.9 Å². The molecule has 0 amide bonds. The van der Waals surface area contributed by atoms with Crippen LogP contribution in [-0.2, 0) is 12.5 Å². The number of aromatic nitrogens is 2. The van der Waals surface area contributed by atoms with E-state index in [1.165, 1.54) is 0 Å². The molecule has 0 bridgehead atoms. The fraction of sp³-hybridized carbons (Fsp3) is 0.375. The highest BCUT2D eigenvalue weighted by Gasteiger charge is 2.24. The molecule has 0 radical (unpaired) electrons. The normalized spacial score (nSPS) is 11.4. The largest absolute Gasteiger partial charge is 0.497 e. The van der Waals surface area contributed by atoms with Crippen LogP contribution in [0.5, 0.6) is 5.75 Å². The Labute approximate surface area is 119 Å². The molecule has 1 aromatic heterocycles. The lowest BCUT2D eigenvalue weighted by Gasteiger charge is -2.18. The number of carbonyl (C=O) groups is 1. The molecule has 0 aliphatic heterocycles. The first-order valence-corrected chi connectivity index (χ1v) is 6.54. The zero-order valence-electron chi connectivity index (χ0n) is 12.6. The molecule has 1 heterocycles. The number of aldehydes is 1. The van der Waals surface area contributed by atoms with Crippen LogP contribution in [0.2, 0.25) is 0 Å². The summed E-state index contributed by atoms with van der Waals surface area (Å²) >= 11 is 0. The first-order valence-electron chi connectivity index (χ1n) is 6.54. The van der Waals surface area contributed by atoms with Crippen LogP contribution < -0.4 is 4.74 Å². The van der Waals surface area contributed by atoms with Crippen LogP contribution in [0.15, 0.2) is 24.4 Å². The minimum Gasteiger partial charge on any atom is -0.497 e. The molecule has 1 aromatic carbocycles. The first-order chi connectivity index (χ1) is 9.36. The smallest absolute Gasteiger partial charge is 0.150 e. The third kappa shape index (κ3) is 2.59. The molecule has 0 saturated carbocycles. The van der Waals surface area contributed by atoms with Crippen molar-refractivity contribution in [2.24, 2.45) is 7.05 Å². The van der Waals surface area contributed by atoms with Crippen LogP contribution >= 0.6 is 0 Å². The summed E-state index contributed by atoms with van der Waals surface area (Å²) in [5.41, 5.74) is 3.39. The molecule has 2 aromatic rings. The Bertz CT molecular complexity index is 636. The van der Waals surface area contributed by atoms with Crippen molar-refractivity contribution in [1.29, 1.82) is 0 Å². The second kappa shape index (κ2) is 5.12. The number of nitrogens with zero attached hydrogens (tertiary/aromatic N) is 2. The van der Waals surface area contributed by atoms with Gasteiger partial charge in [0.25, 0.3) is 0 Å². The number of methoxy groups -OCH3 is 1. The Kier molecular flexibility index (Phi) is 3.66. The molecule has 0 spiro atoms. The quantitative estimate of drug-likeness (QED) is 0.806. The van der Waals surface area contributed by atoms with Gasteiger partial charge in [0.2, 0.25) is 0 Å². The lowest BCUT2D eigenvalue weighted by Crippen LogP contribution is -2.14. The molecular formula is C16H20N2O2. The van der Waals surface area contributed by atoms with Crippen LogP contribution in [0.3, 0.4) is 0 Å². The number of aryl methyl sites for hydroxylation is 1. The van der Waals surface area contributed by atoms with Gasteiger partial charge >= 0.3 is 0 Å². The molecule has 0 N–H and O–H groups in total. The number of carbonyl (C=O) groups excluding carboxylic acids is 1. The Morgan fingerprint density at radius 2 is 1.95 bits per heavy atom. The second-order valence-electron chi connectivity index (χ2n) is 5.89. The van der Waals surface area contributed by atoms with Gasteiger partial charge in [-0.1, -0.05) is 20.8 Å². The maximum absolute atomic E-state index is 11.4. The molecule has 20 heavy (non-hydrogen) atoms. The fourth-order valence-electron chi connectivity index (χ4n) is 2.25. The second-order valence-corrected chi connectivity index (χ2v) is 5.89. The number of rotatable bonds is 3. The number of ether oxygens (including phenoxy) is 1. The van der Waals surface area contributed by atoms with E-state index < -0.39 is 0 Å². The molecule has 2 rings (SSSR count). The number of hydrogen-bond acceptors (Lipinski definition) is 3. The highest BCUT2D eigenvalue weighted by atomic mass is 16.5. The van der Waals surface area contributed by atoms with Gasteiger partial charge in [0, 0.05) is 29.8 Å². The Balaban J connectivity index is 2.65. The van der Waals surface area contributed by atoms with Gasteiger partial charge in [-0.2, -0.15) is 5.10 Å². The summed E-state index contributed by atoms with van der Waals surface area (Å²) in [6.07, 6.45) is 2.81. The van der Waals surface area contributed by atoms with E-state index in [0.29, 0.717) is 11.3 Å². The Hall–Kier alpha value is -2.10. The molecule has 0 unspecified atom stereocenters. The highest BCUT2D eigenvalue weighted by molar-refractivity contribution is 5.89. The van der Waals surface area contributed by atoms with Gasteiger partial charge in [-0.25, -0.2) is 0 Å². The van der Waals surface area contributed by atoms with Crippen LogP contribution in [0, 0.1) is 0 Å². The van der Waals surface area contributed by atoms with Crippen LogP contribution in [0.1, 0.15) is 36.8 Å². The monoisotopic (exact) mass is 272 g/mol. The summed E-state index contributed by atoms with van der Waals surface area (Å²) in [5.74, 6) is 0.678.